The van der Waals surface area contributed by atoms with Crippen LogP contribution >= 0.6 is 11.6 Å². The van der Waals surface area contributed by atoms with E-state index in [9.17, 15) is 31.2 Å². The second-order valence-corrected chi connectivity index (χ2v) is 11.9. The minimum Gasteiger partial charge on any atom is -0.351 e. The van der Waals surface area contributed by atoms with Gasteiger partial charge in [-0.25, -0.2) is 0 Å². The summed E-state index contributed by atoms with van der Waals surface area (Å²) in [6, 6.07) is 16.4. The van der Waals surface area contributed by atoms with Gasteiger partial charge in [-0.2, -0.15) is 21.6 Å². The molecule has 0 bridgehead atoms. The molecule has 0 heterocycles. The molecule has 41 heavy (non-hydrogen) atoms. The standard InChI is InChI=1S/C29H30ClF3N2O5S/c1-19(2)18-40-41(38,39)16-15-34-28(37)22-6-3-20(4-7-22)5-14-27(36)35-24-11-8-21(9-12-24)25-13-10-23(17-26(25)30)29(31,32)33/h3-4,6-13,17,19H,5,14-16,18H2,1-2H3,(H,34,37)(H,35,36). The van der Waals surface area contributed by atoms with Crippen molar-refractivity contribution >= 4 is 39.2 Å². The van der Waals surface area contributed by atoms with Crippen molar-refractivity contribution in [3.8, 4) is 11.1 Å². The Kier molecular flexibility index (Phi) is 10.9. The zero-order valence-corrected chi connectivity index (χ0v) is 24.0. The molecule has 3 aromatic rings. The first kappa shape index (κ1) is 32.1. The van der Waals surface area contributed by atoms with Crippen LogP contribution in [0.25, 0.3) is 11.1 Å². The quantitative estimate of drug-likeness (QED) is 0.233. The Morgan fingerprint density at radius 3 is 2.22 bits per heavy atom. The lowest BCUT2D eigenvalue weighted by Crippen LogP contribution is -2.30. The molecule has 2 N–H and O–H groups in total. The number of anilines is 1. The summed E-state index contributed by atoms with van der Waals surface area (Å²) in [6.45, 7) is 3.67. The van der Waals surface area contributed by atoms with Crippen LogP contribution in [-0.4, -0.2) is 39.1 Å². The van der Waals surface area contributed by atoms with E-state index in [1.54, 1.807) is 48.5 Å². The Bertz CT molecular complexity index is 1460. The maximum Gasteiger partial charge on any atom is 0.416 e. The van der Waals surface area contributed by atoms with Crippen LogP contribution in [0.5, 0.6) is 0 Å². The van der Waals surface area contributed by atoms with Gasteiger partial charge in [0.25, 0.3) is 16.0 Å². The molecule has 2 amide bonds. The van der Waals surface area contributed by atoms with E-state index in [0.29, 0.717) is 28.8 Å². The lowest BCUT2D eigenvalue weighted by atomic mass is 10.0. The van der Waals surface area contributed by atoms with E-state index >= 15 is 0 Å². The maximum atomic E-state index is 12.9. The molecule has 0 aliphatic heterocycles. The van der Waals surface area contributed by atoms with Gasteiger partial charge in [-0.1, -0.05) is 55.8 Å². The second kappa shape index (κ2) is 14.0. The summed E-state index contributed by atoms with van der Waals surface area (Å²) in [5, 5.41) is 5.29. The highest BCUT2D eigenvalue weighted by Crippen LogP contribution is 2.35. The van der Waals surface area contributed by atoms with Crippen LogP contribution in [0.15, 0.2) is 66.7 Å². The van der Waals surface area contributed by atoms with Gasteiger partial charge in [-0.3, -0.25) is 13.8 Å². The number of nitrogens with one attached hydrogen (secondary N) is 2. The largest absolute Gasteiger partial charge is 0.416 e. The smallest absolute Gasteiger partial charge is 0.351 e. The SMILES string of the molecule is CC(C)COS(=O)(=O)CCNC(=O)c1ccc(CCC(=O)Nc2ccc(-c3ccc(C(F)(F)F)cc3Cl)cc2)cc1. The third kappa shape index (κ3) is 10.2. The molecule has 0 radical (unpaired) electrons. The molecule has 0 atom stereocenters. The first-order valence-corrected chi connectivity index (χ1v) is 14.7. The third-order valence-corrected chi connectivity index (χ3v) is 7.36. The molecule has 0 unspecified atom stereocenters. The van der Waals surface area contributed by atoms with Crippen molar-refractivity contribution in [2.45, 2.75) is 32.9 Å². The van der Waals surface area contributed by atoms with Crippen molar-refractivity contribution in [1.29, 1.82) is 0 Å². The summed E-state index contributed by atoms with van der Waals surface area (Å²) in [5.74, 6) is -0.925. The fourth-order valence-electron chi connectivity index (χ4n) is 3.65. The highest BCUT2D eigenvalue weighted by molar-refractivity contribution is 7.86. The predicted molar refractivity (Wildman–Crippen MR) is 152 cm³/mol. The van der Waals surface area contributed by atoms with Crippen molar-refractivity contribution in [2.24, 2.45) is 5.92 Å². The summed E-state index contributed by atoms with van der Waals surface area (Å²) in [7, 11) is -3.71. The maximum absolute atomic E-state index is 12.9. The normalized spacial score (nSPS) is 11.9. The zero-order chi connectivity index (χ0) is 30.2. The van der Waals surface area contributed by atoms with E-state index in [4.69, 9.17) is 15.8 Å². The van der Waals surface area contributed by atoms with Crippen LogP contribution < -0.4 is 10.6 Å². The number of hydrogen-bond acceptors (Lipinski definition) is 5. The molecule has 0 fully saturated rings. The van der Waals surface area contributed by atoms with Crippen LogP contribution in [0.2, 0.25) is 5.02 Å². The molecule has 0 aromatic heterocycles. The number of halogens is 4. The Hall–Kier alpha value is -3.41. The molecule has 12 heteroatoms. The molecule has 0 saturated heterocycles. The van der Waals surface area contributed by atoms with Crippen molar-refractivity contribution in [3.63, 3.8) is 0 Å². The van der Waals surface area contributed by atoms with Crippen LogP contribution in [0.1, 0.15) is 41.8 Å². The number of alkyl halides is 3. The third-order valence-electron chi connectivity index (χ3n) is 5.85. The van der Waals surface area contributed by atoms with Crippen molar-refractivity contribution < 1.29 is 35.4 Å². The van der Waals surface area contributed by atoms with Gasteiger partial charge in [0.1, 0.15) is 0 Å². The molecule has 3 rings (SSSR count). The number of benzene rings is 3. The van der Waals surface area contributed by atoms with E-state index in [-0.39, 0.29) is 42.2 Å². The van der Waals surface area contributed by atoms with Gasteiger partial charge in [0.05, 0.1) is 17.9 Å². The molecule has 0 spiro atoms. The predicted octanol–water partition coefficient (Wildman–Crippen LogP) is 6.33. The molecule has 0 aliphatic carbocycles. The molecule has 3 aromatic carbocycles. The van der Waals surface area contributed by atoms with E-state index in [1.807, 2.05) is 13.8 Å². The number of aryl methyl sites for hydroxylation is 1. The molecule has 0 aliphatic rings. The van der Waals surface area contributed by atoms with Crippen LogP contribution in [0.4, 0.5) is 18.9 Å². The molecular formula is C29H30ClF3N2O5S. The Balaban J connectivity index is 1.46. The van der Waals surface area contributed by atoms with E-state index in [2.05, 4.69) is 10.6 Å². The molecule has 220 valence electrons. The van der Waals surface area contributed by atoms with Gasteiger partial charge < -0.3 is 10.6 Å². The van der Waals surface area contributed by atoms with Gasteiger partial charge in [-0.15, -0.1) is 0 Å². The fourth-order valence-corrected chi connectivity index (χ4v) is 4.89. The van der Waals surface area contributed by atoms with Crippen LogP contribution in [0.3, 0.4) is 0 Å². The van der Waals surface area contributed by atoms with Gasteiger partial charge in [0.2, 0.25) is 5.91 Å². The molecular weight excluding hydrogens is 581 g/mol. The minimum atomic E-state index is -4.48. The zero-order valence-electron chi connectivity index (χ0n) is 22.4. The monoisotopic (exact) mass is 610 g/mol. The average Bonchev–Trinajstić information content (AvgIpc) is 2.91. The Morgan fingerprint density at radius 1 is 0.976 bits per heavy atom. The molecule has 7 nitrogen and oxygen atoms in total. The Morgan fingerprint density at radius 2 is 1.63 bits per heavy atom. The topological polar surface area (TPSA) is 102 Å². The first-order valence-electron chi connectivity index (χ1n) is 12.7. The minimum absolute atomic E-state index is 0.0280. The number of rotatable bonds is 12. The van der Waals surface area contributed by atoms with Gasteiger partial charge in [-0.05, 0) is 59.9 Å². The number of hydrogen-bond donors (Lipinski definition) is 2. The van der Waals surface area contributed by atoms with Gasteiger partial charge in [0.15, 0.2) is 0 Å². The highest BCUT2D eigenvalue weighted by atomic mass is 35.5. The van der Waals surface area contributed by atoms with Crippen molar-refractivity contribution in [1.82, 2.24) is 5.32 Å². The van der Waals surface area contributed by atoms with E-state index in [1.165, 1.54) is 6.07 Å². The van der Waals surface area contributed by atoms with Crippen molar-refractivity contribution in [3.05, 3.63) is 88.4 Å². The molecule has 0 saturated carbocycles. The highest BCUT2D eigenvalue weighted by Gasteiger charge is 2.31. The van der Waals surface area contributed by atoms with Crippen LogP contribution in [0, 0.1) is 5.92 Å². The summed E-state index contributed by atoms with van der Waals surface area (Å²) < 4.78 is 67.1. The first-order chi connectivity index (χ1) is 19.2. The second-order valence-electron chi connectivity index (χ2n) is 9.71. The lowest BCUT2D eigenvalue weighted by molar-refractivity contribution is -0.137. The summed E-state index contributed by atoms with van der Waals surface area (Å²) in [5.41, 5.74) is 1.91. The number of carbonyl (C=O) groups excluding carboxylic acids is 2. The summed E-state index contributed by atoms with van der Waals surface area (Å²) >= 11 is 6.06. The van der Waals surface area contributed by atoms with Crippen molar-refractivity contribution in [2.75, 3.05) is 24.2 Å². The van der Waals surface area contributed by atoms with Gasteiger partial charge >= 0.3 is 6.18 Å². The van der Waals surface area contributed by atoms with Crippen LogP contribution in [-0.2, 0) is 31.7 Å². The van der Waals surface area contributed by atoms with Gasteiger partial charge in [0, 0.05) is 34.8 Å². The lowest BCUT2D eigenvalue weighted by Gasteiger charge is -2.11. The Labute approximate surface area is 242 Å². The summed E-state index contributed by atoms with van der Waals surface area (Å²) in [6.07, 6.45) is -3.90. The summed E-state index contributed by atoms with van der Waals surface area (Å²) in [4.78, 5) is 24.7. The fraction of sp³-hybridized carbons (Fsp3) is 0.310. The number of carbonyl (C=O) groups is 2. The van der Waals surface area contributed by atoms with E-state index < -0.39 is 27.8 Å². The number of amides is 2. The average molecular weight is 611 g/mol. The van der Waals surface area contributed by atoms with E-state index in [0.717, 1.165) is 17.7 Å².